The summed E-state index contributed by atoms with van der Waals surface area (Å²) in [5.74, 6) is -0.292. The summed E-state index contributed by atoms with van der Waals surface area (Å²) in [6.07, 6.45) is -2.56. The Kier molecular flexibility index (Phi) is 4.09. The largest absolute Gasteiger partial charge is 0.416 e. The molecule has 1 amide bonds. The third-order valence-corrected chi connectivity index (χ3v) is 3.67. The first kappa shape index (κ1) is 16.2. The van der Waals surface area contributed by atoms with Gasteiger partial charge in [-0.25, -0.2) is 0 Å². The standard InChI is InChI=1S/C17H16F3N3O/c18-17(19,20)10-2-1-3-13(8-10)22-15-7-4-11(21)9-14(15)16(24)23-12-5-6-12/h1-4,7-9,12,22H,5-6,21H2,(H,23,24). The summed E-state index contributed by atoms with van der Waals surface area (Å²) in [7, 11) is 0. The van der Waals surface area contributed by atoms with Gasteiger partial charge in [0.1, 0.15) is 0 Å². The molecule has 2 aromatic rings. The van der Waals surface area contributed by atoms with Gasteiger partial charge in [-0.1, -0.05) is 6.07 Å². The second-order valence-corrected chi connectivity index (χ2v) is 5.76. The predicted octanol–water partition coefficient (Wildman–Crippen LogP) is 3.92. The Balaban J connectivity index is 1.88. The average molecular weight is 335 g/mol. The Hall–Kier alpha value is -2.70. The monoisotopic (exact) mass is 335 g/mol. The summed E-state index contributed by atoms with van der Waals surface area (Å²) in [6, 6.07) is 9.66. The number of halogens is 3. The Morgan fingerprint density at radius 1 is 1.12 bits per heavy atom. The first-order valence-electron chi connectivity index (χ1n) is 7.47. The first-order chi connectivity index (χ1) is 11.3. The third-order valence-electron chi connectivity index (χ3n) is 3.67. The van der Waals surface area contributed by atoms with Crippen LogP contribution in [0, 0.1) is 0 Å². The Bertz CT molecular complexity index is 770. The molecule has 126 valence electrons. The number of nitrogen functional groups attached to an aromatic ring is 1. The van der Waals surface area contributed by atoms with Crippen LogP contribution >= 0.6 is 0 Å². The summed E-state index contributed by atoms with van der Waals surface area (Å²) in [6.45, 7) is 0. The van der Waals surface area contributed by atoms with Crippen LogP contribution in [0.4, 0.5) is 30.2 Å². The van der Waals surface area contributed by atoms with Crippen molar-refractivity contribution < 1.29 is 18.0 Å². The van der Waals surface area contributed by atoms with Gasteiger partial charge in [0.25, 0.3) is 5.91 Å². The van der Waals surface area contributed by atoms with Gasteiger partial charge >= 0.3 is 6.18 Å². The Labute approximate surface area is 136 Å². The summed E-state index contributed by atoms with van der Waals surface area (Å²) in [5, 5.41) is 5.72. The van der Waals surface area contributed by atoms with E-state index >= 15 is 0 Å². The molecular formula is C17H16F3N3O. The smallest absolute Gasteiger partial charge is 0.399 e. The predicted molar refractivity (Wildman–Crippen MR) is 86.1 cm³/mol. The van der Waals surface area contributed by atoms with Crippen molar-refractivity contribution in [2.24, 2.45) is 0 Å². The molecule has 0 bridgehead atoms. The van der Waals surface area contributed by atoms with Crippen molar-refractivity contribution in [3.63, 3.8) is 0 Å². The Morgan fingerprint density at radius 2 is 1.88 bits per heavy atom. The van der Waals surface area contributed by atoms with Gasteiger partial charge in [-0.15, -0.1) is 0 Å². The van der Waals surface area contributed by atoms with E-state index in [2.05, 4.69) is 10.6 Å². The molecule has 0 aromatic heterocycles. The molecular weight excluding hydrogens is 319 g/mol. The molecule has 0 aliphatic heterocycles. The molecule has 1 fully saturated rings. The molecule has 0 atom stereocenters. The van der Waals surface area contributed by atoms with Gasteiger partial charge in [0.15, 0.2) is 0 Å². The van der Waals surface area contributed by atoms with Crippen molar-refractivity contribution in [1.82, 2.24) is 5.32 Å². The van der Waals surface area contributed by atoms with E-state index in [1.807, 2.05) is 0 Å². The number of carbonyl (C=O) groups is 1. The van der Waals surface area contributed by atoms with Gasteiger partial charge < -0.3 is 16.4 Å². The fourth-order valence-corrected chi connectivity index (χ4v) is 2.28. The van der Waals surface area contributed by atoms with Crippen LogP contribution in [0.5, 0.6) is 0 Å². The number of hydrogen-bond donors (Lipinski definition) is 3. The normalized spacial score (nSPS) is 14.3. The fraction of sp³-hybridized carbons (Fsp3) is 0.235. The third kappa shape index (κ3) is 3.79. The number of nitrogens with two attached hydrogens (primary N) is 1. The molecule has 0 unspecified atom stereocenters. The van der Waals surface area contributed by atoms with Crippen LogP contribution in [-0.4, -0.2) is 11.9 Å². The molecule has 2 aromatic carbocycles. The number of amides is 1. The van der Waals surface area contributed by atoms with Gasteiger partial charge in [-0.2, -0.15) is 13.2 Å². The molecule has 0 saturated heterocycles. The van der Waals surface area contributed by atoms with Crippen molar-refractivity contribution >= 4 is 23.0 Å². The van der Waals surface area contributed by atoms with E-state index < -0.39 is 11.7 Å². The van der Waals surface area contributed by atoms with Crippen molar-refractivity contribution in [2.75, 3.05) is 11.1 Å². The topological polar surface area (TPSA) is 67.1 Å². The highest BCUT2D eigenvalue weighted by molar-refractivity contribution is 6.01. The van der Waals surface area contributed by atoms with Crippen LogP contribution in [0.25, 0.3) is 0 Å². The van der Waals surface area contributed by atoms with Gasteiger partial charge in [0.2, 0.25) is 0 Å². The molecule has 7 heteroatoms. The van der Waals surface area contributed by atoms with E-state index in [0.717, 1.165) is 25.0 Å². The molecule has 1 saturated carbocycles. The molecule has 4 N–H and O–H groups in total. The molecule has 1 aliphatic rings. The van der Waals surface area contributed by atoms with E-state index in [0.29, 0.717) is 16.9 Å². The van der Waals surface area contributed by atoms with Crippen LogP contribution in [0.2, 0.25) is 0 Å². The zero-order valence-electron chi connectivity index (χ0n) is 12.7. The van der Waals surface area contributed by atoms with Crippen LogP contribution in [0.15, 0.2) is 42.5 Å². The highest BCUT2D eigenvalue weighted by Crippen LogP contribution is 2.32. The summed E-state index contributed by atoms with van der Waals surface area (Å²) in [5.41, 5.74) is 6.33. The lowest BCUT2D eigenvalue weighted by molar-refractivity contribution is -0.137. The maximum Gasteiger partial charge on any atom is 0.416 e. The lowest BCUT2D eigenvalue weighted by Gasteiger charge is -2.14. The molecule has 0 heterocycles. The number of anilines is 3. The summed E-state index contributed by atoms with van der Waals surface area (Å²) in [4.78, 5) is 12.3. The Morgan fingerprint density at radius 3 is 2.54 bits per heavy atom. The van der Waals surface area contributed by atoms with Gasteiger partial charge in [0, 0.05) is 17.4 Å². The van der Waals surface area contributed by atoms with E-state index in [4.69, 9.17) is 5.73 Å². The summed E-state index contributed by atoms with van der Waals surface area (Å²) >= 11 is 0. The second-order valence-electron chi connectivity index (χ2n) is 5.76. The zero-order valence-corrected chi connectivity index (χ0v) is 12.7. The van der Waals surface area contributed by atoms with Crippen molar-refractivity contribution in [3.05, 3.63) is 53.6 Å². The fourth-order valence-electron chi connectivity index (χ4n) is 2.28. The maximum absolute atomic E-state index is 12.8. The summed E-state index contributed by atoms with van der Waals surface area (Å²) < 4.78 is 38.4. The van der Waals surface area contributed by atoms with E-state index in [9.17, 15) is 18.0 Å². The minimum absolute atomic E-state index is 0.167. The highest BCUT2D eigenvalue weighted by Gasteiger charge is 2.30. The lowest BCUT2D eigenvalue weighted by atomic mass is 10.1. The molecule has 0 radical (unpaired) electrons. The minimum atomic E-state index is -4.43. The quantitative estimate of drug-likeness (QED) is 0.742. The zero-order chi connectivity index (χ0) is 17.3. The van der Waals surface area contributed by atoms with E-state index in [1.54, 1.807) is 12.1 Å². The molecule has 3 rings (SSSR count). The number of hydrogen-bond acceptors (Lipinski definition) is 3. The number of alkyl halides is 3. The molecule has 0 spiro atoms. The number of benzene rings is 2. The number of carbonyl (C=O) groups excluding carboxylic acids is 1. The van der Waals surface area contributed by atoms with Crippen LogP contribution in [0.3, 0.4) is 0 Å². The van der Waals surface area contributed by atoms with Gasteiger partial charge in [-0.05, 0) is 49.2 Å². The van der Waals surface area contributed by atoms with Crippen molar-refractivity contribution in [2.45, 2.75) is 25.1 Å². The average Bonchev–Trinajstić information content (AvgIpc) is 3.32. The van der Waals surface area contributed by atoms with Crippen LogP contribution in [-0.2, 0) is 6.18 Å². The molecule has 24 heavy (non-hydrogen) atoms. The van der Waals surface area contributed by atoms with E-state index in [-0.39, 0.29) is 17.6 Å². The minimum Gasteiger partial charge on any atom is -0.399 e. The van der Waals surface area contributed by atoms with Crippen molar-refractivity contribution in [3.8, 4) is 0 Å². The molecule has 4 nitrogen and oxygen atoms in total. The molecule has 1 aliphatic carbocycles. The maximum atomic E-state index is 12.8. The van der Waals surface area contributed by atoms with Gasteiger partial charge in [-0.3, -0.25) is 4.79 Å². The lowest BCUT2D eigenvalue weighted by Crippen LogP contribution is -2.26. The van der Waals surface area contributed by atoms with Crippen LogP contribution < -0.4 is 16.4 Å². The SMILES string of the molecule is Nc1ccc(Nc2cccc(C(F)(F)F)c2)c(C(=O)NC2CC2)c1. The number of nitrogens with one attached hydrogen (secondary N) is 2. The van der Waals surface area contributed by atoms with Crippen LogP contribution in [0.1, 0.15) is 28.8 Å². The first-order valence-corrected chi connectivity index (χ1v) is 7.47. The van der Waals surface area contributed by atoms with Crippen molar-refractivity contribution in [1.29, 1.82) is 0 Å². The second kappa shape index (κ2) is 6.07. The highest BCUT2D eigenvalue weighted by atomic mass is 19.4. The number of rotatable bonds is 4. The van der Waals surface area contributed by atoms with Gasteiger partial charge in [0.05, 0.1) is 16.8 Å². The van der Waals surface area contributed by atoms with E-state index in [1.165, 1.54) is 18.2 Å².